The fourth-order valence-electron chi connectivity index (χ4n) is 1.52. The molecule has 6 nitrogen and oxygen atoms in total. The van der Waals surface area contributed by atoms with Crippen molar-refractivity contribution in [3.63, 3.8) is 0 Å². The van der Waals surface area contributed by atoms with Gasteiger partial charge < -0.3 is 10.1 Å². The molecule has 1 amide bonds. The summed E-state index contributed by atoms with van der Waals surface area (Å²) >= 11 is 0. The van der Waals surface area contributed by atoms with E-state index in [1.807, 2.05) is 0 Å². The maximum Gasteiger partial charge on any atom is 0.407 e. The predicted molar refractivity (Wildman–Crippen MR) is 50.3 cm³/mol. The summed E-state index contributed by atoms with van der Waals surface area (Å²) in [5.74, 6) is -0.596. The maximum atomic E-state index is 13.0. The molecule has 1 aliphatic heterocycles. The van der Waals surface area contributed by atoms with E-state index in [0.717, 1.165) is 18.2 Å². The van der Waals surface area contributed by atoms with E-state index in [9.17, 15) is 19.3 Å². The second-order valence-corrected chi connectivity index (χ2v) is 3.26. The molecule has 1 aliphatic rings. The molecular formula is C9H7FN2O4. The van der Waals surface area contributed by atoms with Crippen molar-refractivity contribution >= 4 is 11.8 Å². The van der Waals surface area contributed by atoms with Gasteiger partial charge >= 0.3 is 6.09 Å². The molecule has 1 fully saturated rings. The largest absolute Gasteiger partial charge is 0.447 e. The molecule has 1 N–H and O–H groups in total. The lowest BCUT2D eigenvalue weighted by molar-refractivity contribution is -0.385. The van der Waals surface area contributed by atoms with Gasteiger partial charge in [-0.3, -0.25) is 10.1 Å². The average Bonchev–Trinajstić information content (AvgIpc) is 2.64. The number of nitrogens with one attached hydrogen (secondary N) is 1. The van der Waals surface area contributed by atoms with Crippen LogP contribution in [0, 0.1) is 15.9 Å². The molecule has 0 saturated carbocycles. The second kappa shape index (κ2) is 3.76. The Bertz CT molecular complexity index is 463. The van der Waals surface area contributed by atoms with E-state index in [4.69, 9.17) is 0 Å². The summed E-state index contributed by atoms with van der Waals surface area (Å²) in [4.78, 5) is 20.9. The highest BCUT2D eigenvalue weighted by Crippen LogP contribution is 2.28. The Balaban J connectivity index is 2.41. The number of nitro benzene ring substituents is 1. The highest BCUT2D eigenvalue weighted by molar-refractivity contribution is 5.70. The van der Waals surface area contributed by atoms with E-state index in [1.54, 1.807) is 0 Å². The Morgan fingerprint density at radius 3 is 2.88 bits per heavy atom. The summed E-state index contributed by atoms with van der Waals surface area (Å²) in [5.41, 5.74) is -0.131. The number of ether oxygens (including phenoxy) is 1. The first kappa shape index (κ1) is 10.3. The number of carbonyl (C=O) groups is 1. The predicted octanol–water partition coefficient (Wildman–Crippen LogP) is 1.51. The lowest BCUT2D eigenvalue weighted by Gasteiger charge is -2.07. The molecule has 0 aliphatic carbocycles. The topological polar surface area (TPSA) is 81.5 Å². The van der Waals surface area contributed by atoms with E-state index >= 15 is 0 Å². The summed E-state index contributed by atoms with van der Waals surface area (Å²) in [7, 11) is 0. The molecule has 2 rings (SSSR count). The molecule has 0 spiro atoms. The number of nitrogens with zero attached hydrogens (tertiary/aromatic N) is 1. The zero-order valence-corrected chi connectivity index (χ0v) is 7.97. The summed E-state index contributed by atoms with van der Waals surface area (Å²) in [6.45, 7) is -0.0386. The second-order valence-electron chi connectivity index (χ2n) is 3.26. The molecular weight excluding hydrogens is 219 g/mol. The highest BCUT2D eigenvalue weighted by Gasteiger charge is 2.30. The summed E-state index contributed by atoms with van der Waals surface area (Å²) in [5, 5.41) is 13.1. The van der Waals surface area contributed by atoms with Crippen molar-refractivity contribution in [3.05, 3.63) is 39.7 Å². The van der Waals surface area contributed by atoms with E-state index in [0.29, 0.717) is 0 Å². The first-order valence-electron chi connectivity index (χ1n) is 4.45. The normalized spacial score (nSPS) is 19.1. The fraction of sp³-hybridized carbons (Fsp3) is 0.222. The minimum absolute atomic E-state index is 0.0386. The van der Waals surface area contributed by atoms with E-state index in [1.165, 1.54) is 0 Å². The summed E-state index contributed by atoms with van der Waals surface area (Å²) < 4.78 is 17.6. The molecule has 84 valence electrons. The summed E-state index contributed by atoms with van der Waals surface area (Å²) in [6, 6.07) is 2.41. The zero-order valence-electron chi connectivity index (χ0n) is 7.97. The van der Waals surface area contributed by atoms with Crippen LogP contribution in [-0.2, 0) is 4.74 Å². The van der Waals surface area contributed by atoms with Gasteiger partial charge in [-0.1, -0.05) is 0 Å². The van der Waals surface area contributed by atoms with Crippen LogP contribution in [0.5, 0.6) is 0 Å². The monoisotopic (exact) mass is 226 g/mol. The Morgan fingerprint density at radius 2 is 2.31 bits per heavy atom. The minimum atomic E-state index is -0.677. The van der Waals surface area contributed by atoms with Crippen molar-refractivity contribution in [1.29, 1.82) is 0 Å². The van der Waals surface area contributed by atoms with Gasteiger partial charge in [0.05, 0.1) is 16.5 Å². The van der Waals surface area contributed by atoms with Gasteiger partial charge in [-0.15, -0.1) is 0 Å². The van der Waals surface area contributed by atoms with Crippen LogP contribution in [0.3, 0.4) is 0 Å². The van der Waals surface area contributed by atoms with Crippen LogP contribution in [-0.4, -0.2) is 17.6 Å². The van der Waals surface area contributed by atoms with Crippen LogP contribution in [0.4, 0.5) is 14.9 Å². The quantitative estimate of drug-likeness (QED) is 0.612. The molecule has 16 heavy (non-hydrogen) atoms. The van der Waals surface area contributed by atoms with E-state index in [2.05, 4.69) is 10.1 Å². The van der Waals surface area contributed by atoms with Gasteiger partial charge in [-0.05, 0) is 12.1 Å². The van der Waals surface area contributed by atoms with Gasteiger partial charge in [0.1, 0.15) is 12.4 Å². The molecule has 1 aromatic carbocycles. The minimum Gasteiger partial charge on any atom is -0.447 e. The standard InChI is InChI=1S/C9H7FN2O4/c10-5-1-2-8(12(14)15)6(3-5)7-4-16-9(13)11-7/h1-3,7H,4H2,(H,11,13)/t7-/m0/s1. The number of rotatable bonds is 2. The number of cyclic esters (lactones) is 1. The molecule has 1 heterocycles. The number of halogens is 1. The van der Waals surface area contributed by atoms with Gasteiger partial charge in [0.15, 0.2) is 0 Å². The van der Waals surface area contributed by atoms with Crippen LogP contribution < -0.4 is 5.32 Å². The fourth-order valence-corrected chi connectivity index (χ4v) is 1.52. The third-order valence-corrected chi connectivity index (χ3v) is 2.23. The third kappa shape index (κ3) is 1.79. The first-order chi connectivity index (χ1) is 7.58. The molecule has 1 atom stereocenters. The van der Waals surface area contributed by atoms with Crippen molar-refractivity contribution < 1.29 is 18.8 Å². The average molecular weight is 226 g/mol. The number of alkyl carbamates (subject to hydrolysis) is 1. The van der Waals surface area contributed by atoms with Crippen LogP contribution in [0.1, 0.15) is 11.6 Å². The van der Waals surface area contributed by atoms with Crippen molar-refractivity contribution in [3.8, 4) is 0 Å². The third-order valence-electron chi connectivity index (χ3n) is 2.23. The Labute approximate surface area is 89.2 Å². The Hall–Kier alpha value is -2.18. The molecule has 7 heteroatoms. The smallest absolute Gasteiger partial charge is 0.407 e. The first-order valence-corrected chi connectivity index (χ1v) is 4.45. The van der Waals surface area contributed by atoms with Gasteiger partial charge in [0.25, 0.3) is 5.69 Å². The molecule has 1 saturated heterocycles. The molecule has 0 bridgehead atoms. The number of hydrogen-bond donors (Lipinski definition) is 1. The summed E-state index contributed by atoms with van der Waals surface area (Å²) in [6.07, 6.45) is -0.663. The number of nitro groups is 1. The Kier molecular flexibility index (Phi) is 2.43. The van der Waals surface area contributed by atoms with Crippen molar-refractivity contribution in [2.24, 2.45) is 0 Å². The van der Waals surface area contributed by atoms with E-state index < -0.39 is 22.9 Å². The van der Waals surface area contributed by atoms with Gasteiger partial charge in [0, 0.05) is 6.07 Å². The number of amides is 1. The van der Waals surface area contributed by atoms with Crippen molar-refractivity contribution in [2.75, 3.05) is 6.61 Å². The Morgan fingerprint density at radius 1 is 1.56 bits per heavy atom. The molecule has 0 aromatic heterocycles. The van der Waals surface area contributed by atoms with Crippen LogP contribution in [0.15, 0.2) is 18.2 Å². The van der Waals surface area contributed by atoms with Gasteiger partial charge in [-0.2, -0.15) is 0 Å². The number of benzene rings is 1. The van der Waals surface area contributed by atoms with Crippen LogP contribution in [0.2, 0.25) is 0 Å². The highest BCUT2D eigenvalue weighted by atomic mass is 19.1. The number of hydrogen-bond acceptors (Lipinski definition) is 4. The zero-order chi connectivity index (χ0) is 11.7. The van der Waals surface area contributed by atoms with E-state index in [-0.39, 0.29) is 17.9 Å². The van der Waals surface area contributed by atoms with Gasteiger partial charge in [0.2, 0.25) is 0 Å². The lowest BCUT2D eigenvalue weighted by Crippen LogP contribution is -2.19. The maximum absolute atomic E-state index is 13.0. The van der Waals surface area contributed by atoms with Crippen LogP contribution in [0.25, 0.3) is 0 Å². The van der Waals surface area contributed by atoms with Crippen molar-refractivity contribution in [2.45, 2.75) is 6.04 Å². The molecule has 0 unspecified atom stereocenters. The lowest BCUT2D eigenvalue weighted by atomic mass is 10.1. The molecule has 1 aromatic rings. The van der Waals surface area contributed by atoms with Gasteiger partial charge in [-0.25, -0.2) is 9.18 Å². The SMILES string of the molecule is O=C1N[C@H](c2cc(F)ccc2[N+](=O)[O-])CO1. The number of carbonyl (C=O) groups excluding carboxylic acids is 1. The van der Waals surface area contributed by atoms with Crippen LogP contribution >= 0.6 is 0 Å². The molecule has 0 radical (unpaired) electrons. The van der Waals surface area contributed by atoms with Crippen molar-refractivity contribution in [1.82, 2.24) is 5.32 Å².